The zero-order valence-corrected chi connectivity index (χ0v) is 15.3. The van der Waals surface area contributed by atoms with Crippen LogP contribution in [0, 0.1) is 18.7 Å². The molecule has 0 unspecified atom stereocenters. The van der Waals surface area contributed by atoms with Crippen LogP contribution >= 0.6 is 11.3 Å². The third kappa shape index (κ3) is 3.44. The van der Waals surface area contributed by atoms with Crippen LogP contribution in [0.25, 0.3) is 0 Å². The van der Waals surface area contributed by atoms with Gasteiger partial charge in [-0.3, -0.25) is 9.59 Å². The van der Waals surface area contributed by atoms with Gasteiger partial charge < -0.3 is 9.80 Å². The molecule has 3 rings (SSSR count). The van der Waals surface area contributed by atoms with Crippen molar-refractivity contribution in [2.24, 2.45) is 5.92 Å². The summed E-state index contributed by atoms with van der Waals surface area (Å²) in [5, 5.41) is 0. The van der Waals surface area contributed by atoms with Gasteiger partial charge in [0.25, 0.3) is 0 Å². The zero-order chi connectivity index (χ0) is 18.1. The predicted octanol–water partition coefficient (Wildman–Crippen LogP) is 3.77. The van der Waals surface area contributed by atoms with Crippen molar-refractivity contribution in [3.05, 3.63) is 52.0 Å². The monoisotopic (exact) mass is 360 g/mol. The molecule has 1 fully saturated rings. The van der Waals surface area contributed by atoms with Gasteiger partial charge in [-0.2, -0.15) is 0 Å². The lowest BCUT2D eigenvalue weighted by molar-refractivity contribution is -0.140. The van der Waals surface area contributed by atoms with E-state index in [2.05, 4.69) is 0 Å². The number of carbonyl (C=O) groups excluding carboxylic acids is 2. The Morgan fingerprint density at radius 3 is 2.56 bits per heavy atom. The van der Waals surface area contributed by atoms with Crippen molar-refractivity contribution < 1.29 is 14.0 Å². The molecule has 0 spiro atoms. The molecule has 1 saturated heterocycles. The molecule has 2 aromatic rings. The fraction of sp³-hybridized carbons (Fsp3) is 0.368. The molecule has 0 radical (unpaired) electrons. The average Bonchev–Trinajstić information content (AvgIpc) is 3.20. The van der Waals surface area contributed by atoms with E-state index in [0.29, 0.717) is 18.7 Å². The van der Waals surface area contributed by atoms with E-state index in [0.717, 1.165) is 4.88 Å². The number of thiophene rings is 1. The predicted molar refractivity (Wildman–Crippen MR) is 97.1 cm³/mol. The van der Waals surface area contributed by atoms with Crippen molar-refractivity contribution in [2.45, 2.75) is 26.3 Å². The highest BCUT2D eigenvalue weighted by molar-refractivity contribution is 7.12. The minimum atomic E-state index is -0.668. The molecule has 1 aliphatic rings. The van der Waals surface area contributed by atoms with Crippen LogP contribution in [0.1, 0.15) is 29.1 Å². The van der Waals surface area contributed by atoms with E-state index >= 15 is 0 Å². The van der Waals surface area contributed by atoms with Crippen molar-refractivity contribution in [1.29, 1.82) is 0 Å². The van der Waals surface area contributed by atoms with Gasteiger partial charge in [-0.25, -0.2) is 4.39 Å². The van der Waals surface area contributed by atoms with Crippen LogP contribution in [0.5, 0.6) is 0 Å². The topological polar surface area (TPSA) is 40.6 Å². The van der Waals surface area contributed by atoms with E-state index in [4.69, 9.17) is 0 Å². The van der Waals surface area contributed by atoms with E-state index in [1.54, 1.807) is 40.3 Å². The lowest BCUT2D eigenvalue weighted by Gasteiger charge is -2.26. The molecule has 1 aromatic carbocycles. The summed E-state index contributed by atoms with van der Waals surface area (Å²) >= 11 is 1.66. The van der Waals surface area contributed by atoms with E-state index in [1.807, 2.05) is 26.0 Å². The molecule has 6 heteroatoms. The summed E-state index contributed by atoms with van der Waals surface area (Å²) in [6.45, 7) is 4.48. The average molecular weight is 360 g/mol. The van der Waals surface area contributed by atoms with Crippen LogP contribution in [-0.4, -0.2) is 30.3 Å². The Kier molecular flexibility index (Phi) is 4.90. The fourth-order valence-corrected chi connectivity index (χ4v) is 4.06. The summed E-state index contributed by atoms with van der Waals surface area (Å²) in [6.07, 6.45) is 0.482. The molecule has 25 heavy (non-hydrogen) atoms. The molecule has 4 nitrogen and oxygen atoms in total. The minimum absolute atomic E-state index is 0.0705. The molecule has 2 atom stereocenters. The summed E-state index contributed by atoms with van der Waals surface area (Å²) < 4.78 is 13.1. The number of carbonyl (C=O) groups is 2. The van der Waals surface area contributed by atoms with Gasteiger partial charge in [0.15, 0.2) is 0 Å². The van der Waals surface area contributed by atoms with Crippen molar-refractivity contribution in [2.75, 3.05) is 18.5 Å². The van der Waals surface area contributed by atoms with Gasteiger partial charge in [-0.1, -0.05) is 0 Å². The van der Waals surface area contributed by atoms with E-state index in [1.165, 1.54) is 17.0 Å². The Labute approximate surface area is 150 Å². The number of hydrogen-bond donors (Lipinski definition) is 0. The number of amides is 2. The van der Waals surface area contributed by atoms with Crippen molar-refractivity contribution in [1.82, 2.24) is 4.90 Å². The Balaban J connectivity index is 1.72. The third-order valence-electron chi connectivity index (χ3n) is 4.74. The van der Waals surface area contributed by atoms with Crippen LogP contribution < -0.4 is 4.90 Å². The van der Waals surface area contributed by atoms with E-state index in [9.17, 15) is 14.0 Å². The van der Waals surface area contributed by atoms with Crippen molar-refractivity contribution in [3.8, 4) is 0 Å². The smallest absolute Gasteiger partial charge is 0.239 e. The van der Waals surface area contributed by atoms with Crippen molar-refractivity contribution in [3.63, 3.8) is 0 Å². The Bertz CT molecular complexity index is 787. The summed E-state index contributed by atoms with van der Waals surface area (Å²) in [7, 11) is 1.75. The normalized spacial score (nSPS) is 18.5. The molecule has 2 amide bonds. The first-order valence-electron chi connectivity index (χ1n) is 8.28. The second kappa shape index (κ2) is 6.96. The fourth-order valence-electron chi connectivity index (χ4n) is 3.09. The summed E-state index contributed by atoms with van der Waals surface area (Å²) in [5.41, 5.74) is 0.631. The molecule has 0 saturated carbocycles. The second-order valence-electron chi connectivity index (χ2n) is 6.38. The molecule has 2 heterocycles. The molecule has 1 aliphatic heterocycles. The van der Waals surface area contributed by atoms with Crippen LogP contribution in [-0.2, 0) is 9.59 Å². The van der Waals surface area contributed by atoms with Crippen molar-refractivity contribution >= 4 is 28.8 Å². The van der Waals surface area contributed by atoms with Gasteiger partial charge >= 0.3 is 0 Å². The maximum atomic E-state index is 13.1. The number of halogens is 1. The van der Waals surface area contributed by atoms with Crippen LogP contribution in [0.15, 0.2) is 36.4 Å². The SMILES string of the molecule is Cc1ccc([C@@H](C)N(C)C(=O)[C@H]2CCN(c3ccc(F)cc3)C2=O)s1. The number of rotatable bonds is 4. The molecule has 0 bridgehead atoms. The molecule has 0 N–H and O–H groups in total. The summed E-state index contributed by atoms with van der Waals surface area (Å²) in [5.74, 6) is -1.38. The number of nitrogens with zero attached hydrogens (tertiary/aromatic N) is 2. The highest BCUT2D eigenvalue weighted by atomic mass is 32.1. The molecular weight excluding hydrogens is 339 g/mol. The minimum Gasteiger partial charge on any atom is -0.337 e. The van der Waals surface area contributed by atoms with Crippen LogP contribution in [0.3, 0.4) is 0 Å². The molecule has 1 aromatic heterocycles. The Hall–Kier alpha value is -2.21. The zero-order valence-electron chi connectivity index (χ0n) is 14.5. The lowest BCUT2D eigenvalue weighted by Crippen LogP contribution is -2.39. The van der Waals surface area contributed by atoms with Gasteiger partial charge in [0, 0.05) is 29.0 Å². The van der Waals surface area contributed by atoms with Gasteiger partial charge in [-0.15, -0.1) is 11.3 Å². The number of benzene rings is 1. The number of anilines is 1. The molecule has 0 aliphatic carbocycles. The standard InChI is InChI=1S/C19H21FN2O2S/c1-12-4-9-17(25-12)13(2)21(3)18(23)16-10-11-22(19(16)24)15-7-5-14(20)6-8-15/h4-9,13,16H,10-11H2,1-3H3/t13-,16-/m1/s1. The van der Waals surface area contributed by atoms with Gasteiger partial charge in [0.2, 0.25) is 11.8 Å². The summed E-state index contributed by atoms with van der Waals surface area (Å²) in [6, 6.07) is 9.78. The lowest BCUT2D eigenvalue weighted by atomic mass is 10.1. The van der Waals surface area contributed by atoms with Gasteiger partial charge in [-0.05, 0) is 56.7 Å². The first-order valence-corrected chi connectivity index (χ1v) is 9.10. The first kappa shape index (κ1) is 17.6. The molecular formula is C19H21FN2O2S. The third-order valence-corrected chi connectivity index (χ3v) is 5.91. The number of hydrogen-bond acceptors (Lipinski definition) is 3. The van der Waals surface area contributed by atoms with E-state index < -0.39 is 5.92 Å². The Morgan fingerprint density at radius 1 is 1.28 bits per heavy atom. The second-order valence-corrected chi connectivity index (χ2v) is 7.70. The van der Waals surface area contributed by atoms with Crippen LogP contribution in [0.2, 0.25) is 0 Å². The highest BCUT2D eigenvalue weighted by Crippen LogP contribution is 2.31. The molecule has 132 valence electrons. The quantitative estimate of drug-likeness (QED) is 0.779. The maximum absolute atomic E-state index is 13.1. The number of aryl methyl sites for hydroxylation is 1. The maximum Gasteiger partial charge on any atom is 0.239 e. The largest absolute Gasteiger partial charge is 0.337 e. The first-order chi connectivity index (χ1) is 11.9. The van der Waals surface area contributed by atoms with E-state index in [-0.39, 0.29) is 23.7 Å². The van der Waals surface area contributed by atoms with Gasteiger partial charge in [0.1, 0.15) is 11.7 Å². The highest BCUT2D eigenvalue weighted by Gasteiger charge is 2.40. The Morgan fingerprint density at radius 2 is 1.96 bits per heavy atom. The van der Waals surface area contributed by atoms with Gasteiger partial charge in [0.05, 0.1) is 6.04 Å². The van der Waals surface area contributed by atoms with Crippen LogP contribution in [0.4, 0.5) is 10.1 Å². The summed E-state index contributed by atoms with van der Waals surface area (Å²) in [4.78, 5) is 31.0.